The number of fused-ring (bicyclic) bond motifs is 1. The van der Waals surface area contributed by atoms with Gasteiger partial charge in [-0.15, -0.1) is 0 Å². The minimum absolute atomic E-state index is 0.174. The number of carbonyl (C=O) groups excluding carboxylic acids is 4. The summed E-state index contributed by atoms with van der Waals surface area (Å²) in [5, 5.41) is 1.81. The molecule has 2 amide bonds. The largest absolute Gasteiger partial charge is 0.411 e. The van der Waals surface area contributed by atoms with Crippen molar-refractivity contribution in [2.75, 3.05) is 0 Å². The lowest BCUT2D eigenvalue weighted by Gasteiger charge is -2.38. The summed E-state index contributed by atoms with van der Waals surface area (Å²) in [6, 6.07) is 3.20. The lowest BCUT2D eigenvalue weighted by molar-refractivity contribution is -0.288. The summed E-state index contributed by atoms with van der Waals surface area (Å²) < 4.78 is 86.8. The van der Waals surface area contributed by atoms with Crippen molar-refractivity contribution in [3.05, 3.63) is 69.8 Å². The summed E-state index contributed by atoms with van der Waals surface area (Å²) in [7, 11) is 0. The van der Waals surface area contributed by atoms with E-state index in [1.165, 1.54) is 6.92 Å². The molecule has 11 heteroatoms. The van der Waals surface area contributed by atoms with E-state index in [9.17, 15) is 45.5 Å². The van der Waals surface area contributed by atoms with Crippen LogP contribution in [0.25, 0.3) is 0 Å². The van der Waals surface area contributed by atoms with Crippen molar-refractivity contribution in [1.82, 2.24) is 5.32 Å². The van der Waals surface area contributed by atoms with Gasteiger partial charge in [-0.3, -0.25) is 24.5 Å². The van der Waals surface area contributed by atoms with E-state index < -0.39 is 63.5 Å². The molecule has 1 aliphatic heterocycles. The molecule has 36 heavy (non-hydrogen) atoms. The number of nitrogens with one attached hydrogen (secondary N) is 1. The van der Waals surface area contributed by atoms with Crippen LogP contribution in [0.1, 0.15) is 86.7 Å². The van der Waals surface area contributed by atoms with Crippen molar-refractivity contribution >= 4 is 23.9 Å². The minimum Gasteiger partial charge on any atom is -0.298 e. The molecule has 0 radical (unpaired) electrons. The first-order valence-corrected chi connectivity index (χ1v) is 11.0. The fraction of sp³-hybridized carbons (Fsp3) is 0.360. The molecule has 1 heterocycles. The standard InChI is InChI=1S/C23H17F6NO4.C2H6/c1-3-11(2)18(32)16-8-13(5-4-12(16)10-31)21(22(24,25)26,23(27,28)29)14-6-7-15-17(9-14)20(34)30-19(15)33;1-2/h4-11H,3H2,1-2H3,(H,30,33,34);1-2H3. The molecule has 1 N–H and O–H groups in total. The average molecular weight is 515 g/mol. The third-order valence-corrected chi connectivity index (χ3v) is 5.96. The van der Waals surface area contributed by atoms with E-state index in [4.69, 9.17) is 0 Å². The van der Waals surface area contributed by atoms with Crippen LogP contribution in [-0.4, -0.2) is 36.2 Å². The van der Waals surface area contributed by atoms with Crippen molar-refractivity contribution in [3.8, 4) is 0 Å². The molecule has 2 aromatic rings. The molecule has 1 atom stereocenters. The number of imide groups is 1. The highest BCUT2D eigenvalue weighted by atomic mass is 19.4. The zero-order valence-corrected chi connectivity index (χ0v) is 19.7. The van der Waals surface area contributed by atoms with Gasteiger partial charge in [0.05, 0.1) is 11.1 Å². The number of aldehydes is 1. The SMILES string of the molecule is CC.CCC(C)C(=O)c1cc(C(c2ccc3c(c2)C(=O)NC3=O)(C(F)(F)F)C(F)(F)F)ccc1C=O. The first-order valence-electron chi connectivity index (χ1n) is 11.0. The average Bonchev–Trinajstić information content (AvgIpc) is 3.10. The second-order valence-corrected chi connectivity index (χ2v) is 7.88. The minimum atomic E-state index is -5.99. The molecule has 0 spiro atoms. The van der Waals surface area contributed by atoms with E-state index >= 15 is 0 Å². The van der Waals surface area contributed by atoms with Gasteiger partial charge in [-0.25, -0.2) is 0 Å². The topological polar surface area (TPSA) is 80.3 Å². The molecule has 0 saturated carbocycles. The predicted octanol–water partition coefficient (Wildman–Crippen LogP) is 6.05. The zero-order chi connectivity index (χ0) is 27.6. The molecule has 0 aliphatic carbocycles. The summed E-state index contributed by atoms with van der Waals surface area (Å²) in [4.78, 5) is 47.8. The van der Waals surface area contributed by atoms with Gasteiger partial charge in [0.25, 0.3) is 11.8 Å². The molecular weight excluding hydrogens is 492 g/mol. The second kappa shape index (κ2) is 10.2. The monoisotopic (exact) mass is 515 g/mol. The molecule has 0 saturated heterocycles. The summed E-state index contributed by atoms with van der Waals surface area (Å²) in [6.07, 6.45) is -11.6. The Balaban J connectivity index is 0.00000222. The Morgan fingerprint density at radius 2 is 1.39 bits per heavy atom. The molecule has 1 unspecified atom stereocenters. The van der Waals surface area contributed by atoms with Crippen molar-refractivity contribution < 1.29 is 45.5 Å². The highest BCUT2D eigenvalue weighted by molar-refractivity contribution is 6.21. The summed E-state index contributed by atoms with van der Waals surface area (Å²) in [5.41, 5.74) is -9.31. The highest BCUT2D eigenvalue weighted by Crippen LogP contribution is 2.56. The molecule has 2 aromatic carbocycles. The fourth-order valence-electron chi connectivity index (χ4n) is 3.94. The van der Waals surface area contributed by atoms with Gasteiger partial charge in [0.15, 0.2) is 12.1 Å². The number of benzene rings is 2. The van der Waals surface area contributed by atoms with E-state index in [-0.39, 0.29) is 23.8 Å². The van der Waals surface area contributed by atoms with Crippen LogP contribution in [0.4, 0.5) is 26.3 Å². The lowest BCUT2D eigenvalue weighted by atomic mass is 9.71. The molecule has 5 nitrogen and oxygen atoms in total. The third-order valence-electron chi connectivity index (χ3n) is 5.96. The Labute approximate surface area is 202 Å². The number of halogens is 6. The Hall–Kier alpha value is -3.50. The number of rotatable bonds is 6. The van der Waals surface area contributed by atoms with Gasteiger partial charge in [-0.05, 0) is 35.7 Å². The number of hydrogen-bond acceptors (Lipinski definition) is 4. The van der Waals surface area contributed by atoms with Gasteiger partial charge < -0.3 is 0 Å². The van der Waals surface area contributed by atoms with E-state index in [1.807, 2.05) is 19.2 Å². The molecule has 0 aromatic heterocycles. The first-order chi connectivity index (χ1) is 16.7. The van der Waals surface area contributed by atoms with Gasteiger partial charge in [0.2, 0.25) is 5.41 Å². The van der Waals surface area contributed by atoms with Gasteiger partial charge in [0, 0.05) is 17.0 Å². The van der Waals surface area contributed by atoms with Gasteiger partial charge in [-0.2, -0.15) is 26.3 Å². The highest BCUT2D eigenvalue weighted by Gasteiger charge is 2.72. The molecule has 3 rings (SSSR count). The van der Waals surface area contributed by atoms with Crippen LogP contribution < -0.4 is 5.32 Å². The summed E-state index contributed by atoms with van der Waals surface area (Å²) in [6.45, 7) is 7.03. The van der Waals surface area contributed by atoms with E-state index in [2.05, 4.69) is 0 Å². The molecular formula is C25H23F6NO4. The Morgan fingerprint density at radius 1 is 0.889 bits per heavy atom. The molecule has 0 bridgehead atoms. The van der Waals surface area contributed by atoms with Crippen molar-refractivity contribution in [2.24, 2.45) is 5.92 Å². The number of amides is 2. The second-order valence-electron chi connectivity index (χ2n) is 7.88. The van der Waals surface area contributed by atoms with Crippen LogP contribution in [0.5, 0.6) is 0 Å². The summed E-state index contributed by atoms with van der Waals surface area (Å²) in [5.74, 6) is -3.64. The Bertz CT molecular complexity index is 1190. The Morgan fingerprint density at radius 3 is 1.89 bits per heavy atom. The smallest absolute Gasteiger partial charge is 0.298 e. The number of hydrogen-bond donors (Lipinski definition) is 1. The maximum absolute atomic E-state index is 14.5. The van der Waals surface area contributed by atoms with Gasteiger partial charge in [0.1, 0.15) is 0 Å². The van der Waals surface area contributed by atoms with Crippen LogP contribution in [0.3, 0.4) is 0 Å². The van der Waals surface area contributed by atoms with Crippen LogP contribution in [0, 0.1) is 5.92 Å². The van der Waals surface area contributed by atoms with Crippen LogP contribution in [-0.2, 0) is 5.41 Å². The number of alkyl halides is 6. The van der Waals surface area contributed by atoms with E-state index in [0.29, 0.717) is 30.3 Å². The Kier molecular flexibility index (Phi) is 8.17. The maximum Gasteiger partial charge on any atom is 0.411 e. The maximum atomic E-state index is 14.5. The normalized spacial score (nSPS) is 14.4. The predicted molar refractivity (Wildman–Crippen MR) is 118 cm³/mol. The van der Waals surface area contributed by atoms with E-state index in [0.717, 1.165) is 6.07 Å². The van der Waals surface area contributed by atoms with Crippen LogP contribution in [0.2, 0.25) is 0 Å². The third kappa shape index (κ3) is 4.54. The quantitative estimate of drug-likeness (QED) is 0.220. The summed E-state index contributed by atoms with van der Waals surface area (Å²) >= 11 is 0. The number of ketones is 1. The van der Waals surface area contributed by atoms with Crippen LogP contribution >= 0.6 is 0 Å². The van der Waals surface area contributed by atoms with Gasteiger partial charge >= 0.3 is 12.4 Å². The lowest BCUT2D eigenvalue weighted by Crippen LogP contribution is -2.55. The van der Waals surface area contributed by atoms with Crippen molar-refractivity contribution in [2.45, 2.75) is 51.9 Å². The van der Waals surface area contributed by atoms with Crippen molar-refractivity contribution in [1.29, 1.82) is 0 Å². The molecule has 194 valence electrons. The first kappa shape index (κ1) is 28.7. The fourth-order valence-corrected chi connectivity index (χ4v) is 3.94. The van der Waals surface area contributed by atoms with E-state index in [1.54, 1.807) is 6.92 Å². The van der Waals surface area contributed by atoms with Gasteiger partial charge in [-0.1, -0.05) is 45.9 Å². The number of Topliss-reactive ketones (excluding diaryl/α,β-unsaturated/α-hetero) is 1. The molecule has 0 fully saturated rings. The molecule has 1 aliphatic rings. The van der Waals surface area contributed by atoms with Crippen LogP contribution in [0.15, 0.2) is 36.4 Å². The zero-order valence-electron chi connectivity index (χ0n) is 19.7. The number of carbonyl (C=O) groups is 4. The van der Waals surface area contributed by atoms with Crippen molar-refractivity contribution in [3.63, 3.8) is 0 Å².